The lowest BCUT2D eigenvalue weighted by atomic mass is 10.0. The lowest BCUT2D eigenvalue weighted by molar-refractivity contribution is 0.0767. The monoisotopic (exact) mass is 385 g/mol. The second-order valence-electron chi connectivity index (χ2n) is 7.48. The van der Waals surface area contributed by atoms with Crippen LogP contribution in [0.5, 0.6) is 0 Å². The highest BCUT2D eigenvalue weighted by molar-refractivity contribution is 5.97. The number of anilines is 1. The average molecular weight is 385 g/mol. The fourth-order valence-corrected chi connectivity index (χ4v) is 4.09. The van der Waals surface area contributed by atoms with Gasteiger partial charge in [-0.3, -0.25) is 14.8 Å². The maximum atomic E-state index is 12.8. The summed E-state index contributed by atoms with van der Waals surface area (Å²) in [5.74, 6) is 0.0287. The van der Waals surface area contributed by atoms with Crippen molar-refractivity contribution in [3.63, 3.8) is 0 Å². The molecule has 1 saturated heterocycles. The number of hydrogen-bond acceptors (Lipinski definition) is 5. The molecule has 4 rings (SSSR count). The van der Waals surface area contributed by atoms with E-state index >= 15 is 0 Å². The van der Waals surface area contributed by atoms with Crippen LogP contribution in [0.2, 0.25) is 0 Å². The average Bonchev–Trinajstić information content (AvgIpc) is 2.99. The lowest BCUT2D eigenvalue weighted by Gasteiger charge is -2.26. The quantitative estimate of drug-likeness (QED) is 0.675. The summed E-state index contributed by atoms with van der Waals surface area (Å²) < 4.78 is 0. The summed E-state index contributed by atoms with van der Waals surface area (Å²) in [5, 5.41) is 10.7. The number of rotatable bonds is 2. The zero-order chi connectivity index (χ0) is 20.4. The summed E-state index contributed by atoms with van der Waals surface area (Å²) in [6.07, 6.45) is 5.80. The smallest absolute Gasteiger partial charge is 0.254 e. The van der Waals surface area contributed by atoms with E-state index in [4.69, 9.17) is 0 Å². The van der Waals surface area contributed by atoms with E-state index in [1.807, 2.05) is 4.90 Å². The first-order valence-corrected chi connectivity index (χ1v) is 9.83. The third-order valence-corrected chi connectivity index (χ3v) is 5.42. The number of fused-ring (bicyclic) bond motifs is 1. The van der Waals surface area contributed by atoms with Gasteiger partial charge in [0, 0.05) is 55.7 Å². The Morgan fingerprint density at radius 2 is 1.90 bits per heavy atom. The highest BCUT2D eigenvalue weighted by Crippen LogP contribution is 2.32. The Kier molecular flexibility index (Phi) is 5.13. The second-order valence-corrected chi connectivity index (χ2v) is 7.48. The predicted molar refractivity (Wildman–Crippen MR) is 113 cm³/mol. The molecule has 0 radical (unpaired) electrons. The van der Waals surface area contributed by atoms with Gasteiger partial charge < -0.3 is 9.80 Å². The molecule has 0 N–H and O–H groups in total. The van der Waals surface area contributed by atoms with Crippen LogP contribution in [-0.4, -0.2) is 47.0 Å². The SMILES string of the molecule is Cc1cc(C)c2ncc(C#N)c(N3CCCN(C(=O)c4ccncc4)CC3)c2c1. The van der Waals surface area contributed by atoms with Crippen LogP contribution in [0.4, 0.5) is 5.69 Å². The van der Waals surface area contributed by atoms with Crippen LogP contribution < -0.4 is 4.90 Å². The van der Waals surface area contributed by atoms with E-state index in [0.717, 1.165) is 40.7 Å². The van der Waals surface area contributed by atoms with Crippen LogP contribution >= 0.6 is 0 Å². The van der Waals surface area contributed by atoms with Crippen LogP contribution in [0.1, 0.15) is 33.5 Å². The fraction of sp³-hybridized carbons (Fsp3) is 0.304. The number of pyridine rings is 2. The standard InChI is InChI=1S/C23H23N5O/c1-16-12-17(2)21-20(13-16)22(19(14-24)15-26-21)27-8-3-9-28(11-10-27)23(29)18-4-6-25-7-5-18/h4-7,12-13,15H,3,8-11H2,1-2H3. The molecular formula is C23H23N5O. The van der Waals surface area contributed by atoms with Crippen molar-refractivity contribution in [3.05, 3.63) is 65.1 Å². The molecule has 1 aliphatic rings. The van der Waals surface area contributed by atoms with Crippen molar-refractivity contribution in [2.75, 3.05) is 31.1 Å². The van der Waals surface area contributed by atoms with Crippen molar-refractivity contribution in [1.29, 1.82) is 5.26 Å². The number of carbonyl (C=O) groups excluding carboxylic acids is 1. The molecule has 2 aromatic heterocycles. The minimum absolute atomic E-state index is 0.0287. The van der Waals surface area contributed by atoms with Crippen molar-refractivity contribution in [2.45, 2.75) is 20.3 Å². The number of amides is 1. The molecule has 1 amide bonds. The highest BCUT2D eigenvalue weighted by atomic mass is 16.2. The van der Waals surface area contributed by atoms with Crippen molar-refractivity contribution < 1.29 is 4.79 Å². The Hall–Kier alpha value is -3.46. The van der Waals surface area contributed by atoms with Crippen molar-refractivity contribution in [2.24, 2.45) is 0 Å². The van der Waals surface area contributed by atoms with Crippen molar-refractivity contribution in [1.82, 2.24) is 14.9 Å². The molecule has 1 aliphatic heterocycles. The summed E-state index contributed by atoms with van der Waals surface area (Å²) >= 11 is 0. The Morgan fingerprint density at radius 1 is 1.10 bits per heavy atom. The molecule has 3 heterocycles. The highest BCUT2D eigenvalue weighted by Gasteiger charge is 2.23. The van der Waals surface area contributed by atoms with Gasteiger partial charge in [0.1, 0.15) is 6.07 Å². The van der Waals surface area contributed by atoms with Crippen LogP contribution in [0.3, 0.4) is 0 Å². The molecule has 6 nitrogen and oxygen atoms in total. The van der Waals surface area contributed by atoms with E-state index in [1.165, 1.54) is 0 Å². The molecule has 0 bridgehead atoms. The topological polar surface area (TPSA) is 73.1 Å². The summed E-state index contributed by atoms with van der Waals surface area (Å²) in [5.41, 5.74) is 5.36. The first kappa shape index (κ1) is 18.9. The molecule has 1 aromatic carbocycles. The van der Waals surface area contributed by atoms with Gasteiger partial charge in [-0.15, -0.1) is 0 Å². The first-order chi connectivity index (χ1) is 14.1. The molecule has 0 aliphatic carbocycles. The largest absolute Gasteiger partial charge is 0.368 e. The van der Waals surface area contributed by atoms with Gasteiger partial charge in [0.15, 0.2) is 0 Å². The van der Waals surface area contributed by atoms with Crippen LogP contribution in [0.15, 0.2) is 42.9 Å². The van der Waals surface area contributed by atoms with Gasteiger partial charge in [0.25, 0.3) is 5.91 Å². The van der Waals surface area contributed by atoms with Gasteiger partial charge in [-0.1, -0.05) is 11.6 Å². The predicted octanol–water partition coefficient (Wildman–Crippen LogP) is 3.47. The van der Waals surface area contributed by atoms with Gasteiger partial charge in [0.05, 0.1) is 16.8 Å². The normalized spacial score (nSPS) is 14.5. The molecule has 0 saturated carbocycles. The fourth-order valence-electron chi connectivity index (χ4n) is 4.09. The van der Waals surface area contributed by atoms with Gasteiger partial charge in [-0.2, -0.15) is 5.26 Å². The molecule has 1 fully saturated rings. The lowest BCUT2D eigenvalue weighted by Crippen LogP contribution is -2.35. The number of nitriles is 1. The molecule has 0 atom stereocenters. The van der Waals surface area contributed by atoms with E-state index in [9.17, 15) is 10.1 Å². The molecule has 0 spiro atoms. The summed E-state index contributed by atoms with van der Waals surface area (Å²) in [6, 6.07) is 10.0. The molecule has 6 heteroatoms. The number of nitrogens with zero attached hydrogens (tertiary/aromatic N) is 5. The maximum absolute atomic E-state index is 12.8. The number of carbonyl (C=O) groups is 1. The zero-order valence-corrected chi connectivity index (χ0v) is 16.7. The Bertz CT molecular complexity index is 1100. The van der Waals surface area contributed by atoms with Gasteiger partial charge in [-0.05, 0) is 44.0 Å². The number of benzene rings is 1. The van der Waals surface area contributed by atoms with Crippen LogP contribution in [-0.2, 0) is 0 Å². The van der Waals surface area contributed by atoms with Crippen molar-refractivity contribution >= 4 is 22.5 Å². The summed E-state index contributed by atoms with van der Waals surface area (Å²) in [4.78, 5) is 25.5. The minimum atomic E-state index is 0.0287. The first-order valence-electron chi connectivity index (χ1n) is 9.83. The van der Waals surface area contributed by atoms with E-state index in [1.54, 1.807) is 30.7 Å². The molecule has 29 heavy (non-hydrogen) atoms. The molecule has 0 unspecified atom stereocenters. The third kappa shape index (κ3) is 3.64. The Morgan fingerprint density at radius 3 is 2.66 bits per heavy atom. The second kappa shape index (κ2) is 7.88. The maximum Gasteiger partial charge on any atom is 0.254 e. The van der Waals surface area contributed by atoms with Gasteiger partial charge in [0.2, 0.25) is 0 Å². The van der Waals surface area contributed by atoms with Crippen LogP contribution in [0, 0.1) is 25.2 Å². The van der Waals surface area contributed by atoms with Gasteiger partial charge >= 0.3 is 0 Å². The molecule has 146 valence electrons. The van der Waals surface area contributed by atoms with Crippen molar-refractivity contribution in [3.8, 4) is 6.07 Å². The van der Waals surface area contributed by atoms with E-state index in [-0.39, 0.29) is 5.91 Å². The Labute approximate surface area is 170 Å². The number of aryl methyl sites for hydroxylation is 2. The van der Waals surface area contributed by atoms with E-state index in [2.05, 4.69) is 46.9 Å². The van der Waals surface area contributed by atoms with Gasteiger partial charge in [-0.25, -0.2) is 0 Å². The number of aromatic nitrogens is 2. The molecular weight excluding hydrogens is 362 g/mol. The van der Waals surface area contributed by atoms with E-state index in [0.29, 0.717) is 30.8 Å². The zero-order valence-electron chi connectivity index (χ0n) is 16.7. The number of hydrogen-bond donors (Lipinski definition) is 0. The minimum Gasteiger partial charge on any atom is -0.368 e. The summed E-state index contributed by atoms with van der Waals surface area (Å²) in [7, 11) is 0. The molecule has 3 aromatic rings. The van der Waals surface area contributed by atoms with E-state index < -0.39 is 0 Å². The van der Waals surface area contributed by atoms with Crippen LogP contribution in [0.25, 0.3) is 10.9 Å². The third-order valence-electron chi connectivity index (χ3n) is 5.42. The Balaban J connectivity index is 1.67. The summed E-state index contributed by atoms with van der Waals surface area (Å²) in [6.45, 7) is 6.89.